The lowest BCUT2D eigenvalue weighted by Crippen LogP contribution is -2.19. The Morgan fingerprint density at radius 1 is 0.824 bits per heavy atom. The van der Waals surface area contributed by atoms with Crippen LogP contribution in [0.5, 0.6) is 0 Å². The minimum atomic E-state index is 0.980. The molecule has 0 saturated heterocycles. The van der Waals surface area contributed by atoms with E-state index in [-0.39, 0.29) is 0 Å². The summed E-state index contributed by atoms with van der Waals surface area (Å²) in [5, 5.41) is 0. The average Bonchev–Trinajstić information content (AvgIpc) is 2.40. The second kappa shape index (κ2) is 5.25. The zero-order valence-corrected chi connectivity index (χ0v) is 10.8. The van der Waals surface area contributed by atoms with E-state index >= 15 is 0 Å². The van der Waals surface area contributed by atoms with Crippen molar-refractivity contribution in [1.29, 1.82) is 0 Å². The first-order valence-corrected chi connectivity index (χ1v) is 7.48. The molecule has 0 spiro atoms. The summed E-state index contributed by atoms with van der Waals surface area (Å²) < 4.78 is 0. The van der Waals surface area contributed by atoms with Gasteiger partial charge in [0.05, 0.1) is 0 Å². The van der Waals surface area contributed by atoms with Crippen LogP contribution < -0.4 is 0 Å². The van der Waals surface area contributed by atoms with Crippen LogP contribution in [0.4, 0.5) is 0 Å². The molecule has 1 aromatic rings. The van der Waals surface area contributed by atoms with Crippen molar-refractivity contribution in [1.82, 2.24) is 0 Å². The van der Waals surface area contributed by atoms with Crippen molar-refractivity contribution >= 4 is 0 Å². The molecule has 3 rings (SSSR count). The van der Waals surface area contributed by atoms with Crippen LogP contribution in [0, 0.1) is 11.8 Å². The number of hydrogen-bond donors (Lipinski definition) is 0. The van der Waals surface area contributed by atoms with Gasteiger partial charge in [-0.1, -0.05) is 56.4 Å². The summed E-state index contributed by atoms with van der Waals surface area (Å²) in [5.74, 6) is 2.03. The Morgan fingerprint density at radius 2 is 1.59 bits per heavy atom. The molecule has 0 amide bonds. The molecule has 1 unspecified atom stereocenters. The molecular formula is C17H24. The van der Waals surface area contributed by atoms with E-state index in [0.29, 0.717) is 0 Å². The number of rotatable bonds is 2. The highest BCUT2D eigenvalue weighted by molar-refractivity contribution is 5.29. The van der Waals surface area contributed by atoms with E-state index in [1.165, 1.54) is 57.8 Å². The Labute approximate surface area is 105 Å². The van der Waals surface area contributed by atoms with Gasteiger partial charge in [-0.2, -0.15) is 0 Å². The van der Waals surface area contributed by atoms with Gasteiger partial charge in [0.15, 0.2) is 0 Å². The van der Waals surface area contributed by atoms with Gasteiger partial charge in [0, 0.05) is 0 Å². The fourth-order valence-electron chi connectivity index (χ4n) is 3.87. The third-order valence-electron chi connectivity index (χ3n) is 4.84. The van der Waals surface area contributed by atoms with Crippen molar-refractivity contribution in [2.75, 3.05) is 0 Å². The molecule has 0 N–H and O–H groups in total. The highest BCUT2D eigenvalue weighted by atomic mass is 14.3. The minimum Gasteiger partial charge on any atom is -0.0620 e. The molecule has 1 fully saturated rings. The van der Waals surface area contributed by atoms with Crippen molar-refractivity contribution in [3.63, 3.8) is 0 Å². The number of hydrogen-bond acceptors (Lipinski definition) is 0. The van der Waals surface area contributed by atoms with E-state index in [2.05, 4.69) is 24.3 Å². The lowest BCUT2D eigenvalue weighted by Gasteiger charge is -2.30. The molecular weight excluding hydrogens is 204 g/mol. The first kappa shape index (κ1) is 11.3. The van der Waals surface area contributed by atoms with Crippen LogP contribution in [0.25, 0.3) is 0 Å². The lowest BCUT2D eigenvalue weighted by molar-refractivity contribution is 0.272. The fourth-order valence-corrected chi connectivity index (χ4v) is 3.87. The Bertz CT molecular complexity index is 360. The monoisotopic (exact) mass is 228 g/mol. The maximum atomic E-state index is 2.35. The zero-order chi connectivity index (χ0) is 11.5. The van der Waals surface area contributed by atoms with Crippen LogP contribution >= 0.6 is 0 Å². The number of aryl methyl sites for hydroxylation is 1. The predicted molar refractivity (Wildman–Crippen MR) is 73.1 cm³/mol. The van der Waals surface area contributed by atoms with E-state index in [1.807, 2.05) is 0 Å². The van der Waals surface area contributed by atoms with E-state index in [0.717, 1.165) is 11.8 Å². The molecule has 92 valence electrons. The van der Waals surface area contributed by atoms with E-state index in [4.69, 9.17) is 0 Å². The molecule has 0 aliphatic heterocycles. The van der Waals surface area contributed by atoms with Crippen LogP contribution in [-0.4, -0.2) is 0 Å². The summed E-state index contributed by atoms with van der Waals surface area (Å²) in [6.45, 7) is 0. The summed E-state index contributed by atoms with van der Waals surface area (Å²) in [4.78, 5) is 0. The summed E-state index contributed by atoms with van der Waals surface area (Å²) in [7, 11) is 0. The normalized spacial score (nSPS) is 25.5. The summed E-state index contributed by atoms with van der Waals surface area (Å²) >= 11 is 0. The van der Waals surface area contributed by atoms with Crippen molar-refractivity contribution in [2.45, 2.75) is 57.8 Å². The molecule has 0 heterocycles. The molecule has 0 bridgehead atoms. The molecule has 1 aromatic carbocycles. The Balaban J connectivity index is 1.60. The first-order valence-electron chi connectivity index (χ1n) is 7.48. The van der Waals surface area contributed by atoms with E-state index < -0.39 is 0 Å². The van der Waals surface area contributed by atoms with Crippen molar-refractivity contribution < 1.29 is 0 Å². The van der Waals surface area contributed by atoms with E-state index in [1.54, 1.807) is 11.1 Å². The molecule has 1 atom stereocenters. The second-order valence-electron chi connectivity index (χ2n) is 6.12. The first-order chi connectivity index (χ1) is 8.42. The van der Waals surface area contributed by atoms with Crippen LogP contribution in [0.1, 0.15) is 56.1 Å². The van der Waals surface area contributed by atoms with Crippen LogP contribution in [-0.2, 0) is 12.8 Å². The van der Waals surface area contributed by atoms with Gasteiger partial charge in [-0.3, -0.25) is 0 Å². The summed E-state index contributed by atoms with van der Waals surface area (Å²) in [6, 6.07) is 9.08. The lowest BCUT2D eigenvalue weighted by atomic mass is 9.76. The molecule has 0 nitrogen and oxygen atoms in total. The number of benzene rings is 1. The highest BCUT2D eigenvalue weighted by Crippen LogP contribution is 2.34. The zero-order valence-electron chi connectivity index (χ0n) is 10.8. The fraction of sp³-hybridized carbons (Fsp3) is 0.647. The largest absolute Gasteiger partial charge is 0.0620 e. The smallest absolute Gasteiger partial charge is 0.0247 e. The average molecular weight is 228 g/mol. The quantitative estimate of drug-likeness (QED) is 0.684. The SMILES string of the molecule is c1ccc2c(c1)CCC(CC1CCCCC1)C2. The van der Waals surface area contributed by atoms with Gasteiger partial charge < -0.3 is 0 Å². The number of fused-ring (bicyclic) bond motifs is 1. The van der Waals surface area contributed by atoms with Crippen molar-refractivity contribution in [3.05, 3.63) is 35.4 Å². The van der Waals surface area contributed by atoms with Gasteiger partial charge in [-0.15, -0.1) is 0 Å². The predicted octanol–water partition coefficient (Wildman–Crippen LogP) is 4.76. The molecule has 2 aliphatic carbocycles. The molecule has 0 aromatic heterocycles. The second-order valence-corrected chi connectivity index (χ2v) is 6.12. The van der Waals surface area contributed by atoms with Crippen LogP contribution in [0.3, 0.4) is 0 Å². The van der Waals surface area contributed by atoms with Gasteiger partial charge in [0.1, 0.15) is 0 Å². The van der Waals surface area contributed by atoms with Crippen molar-refractivity contribution in [3.8, 4) is 0 Å². The maximum absolute atomic E-state index is 2.35. The van der Waals surface area contributed by atoms with Gasteiger partial charge in [0.25, 0.3) is 0 Å². The minimum absolute atomic E-state index is 0.980. The Kier molecular flexibility index (Phi) is 3.49. The molecule has 0 heteroatoms. The highest BCUT2D eigenvalue weighted by Gasteiger charge is 2.22. The molecule has 17 heavy (non-hydrogen) atoms. The van der Waals surface area contributed by atoms with Gasteiger partial charge in [-0.25, -0.2) is 0 Å². The molecule has 2 aliphatic rings. The third kappa shape index (κ3) is 2.73. The molecule has 0 radical (unpaired) electrons. The maximum Gasteiger partial charge on any atom is -0.0247 e. The van der Waals surface area contributed by atoms with Crippen LogP contribution in [0.15, 0.2) is 24.3 Å². The van der Waals surface area contributed by atoms with Gasteiger partial charge in [0.2, 0.25) is 0 Å². The molecule has 1 saturated carbocycles. The summed E-state index contributed by atoms with van der Waals surface area (Å²) in [5.41, 5.74) is 3.26. The van der Waals surface area contributed by atoms with E-state index in [9.17, 15) is 0 Å². The Hall–Kier alpha value is -0.780. The van der Waals surface area contributed by atoms with Crippen LogP contribution in [0.2, 0.25) is 0 Å². The standard InChI is InChI=1S/C17H24/c1-2-6-14(7-3-1)12-15-10-11-16-8-4-5-9-17(16)13-15/h4-5,8-9,14-15H,1-3,6-7,10-13H2. The topological polar surface area (TPSA) is 0 Å². The third-order valence-corrected chi connectivity index (χ3v) is 4.84. The summed E-state index contributed by atoms with van der Waals surface area (Å²) in [6.07, 6.45) is 13.1. The van der Waals surface area contributed by atoms with Gasteiger partial charge in [-0.05, 0) is 48.6 Å². The van der Waals surface area contributed by atoms with Gasteiger partial charge >= 0.3 is 0 Å². The Morgan fingerprint density at radius 3 is 2.41 bits per heavy atom. The van der Waals surface area contributed by atoms with Crippen molar-refractivity contribution in [2.24, 2.45) is 11.8 Å².